The minimum absolute atomic E-state index is 0.0290. The van der Waals surface area contributed by atoms with Gasteiger partial charge in [-0.3, -0.25) is 4.79 Å². The summed E-state index contributed by atoms with van der Waals surface area (Å²) in [4.78, 5) is 10.6. The van der Waals surface area contributed by atoms with Crippen LogP contribution in [-0.4, -0.2) is 19.1 Å². The summed E-state index contributed by atoms with van der Waals surface area (Å²) >= 11 is 0. The zero-order valence-corrected chi connectivity index (χ0v) is 9.46. The van der Waals surface area contributed by atoms with E-state index in [1.165, 1.54) is 18.1 Å². The van der Waals surface area contributed by atoms with Gasteiger partial charge in [0.05, 0.1) is 6.54 Å². The van der Waals surface area contributed by atoms with Crippen molar-refractivity contribution in [2.45, 2.75) is 20.8 Å². The summed E-state index contributed by atoms with van der Waals surface area (Å²) < 4.78 is 5.48. The molecule has 1 N–H and O–H groups in total. The van der Waals surface area contributed by atoms with Crippen molar-refractivity contribution in [1.29, 1.82) is 0 Å². The predicted octanol–water partition coefficient (Wildman–Crippen LogP) is 1.82. The highest BCUT2D eigenvalue weighted by atomic mass is 16.5. The SMILES string of the molecule is CC(=O)NCCOc1ccc(C)c(C)c1. The highest BCUT2D eigenvalue weighted by Crippen LogP contribution is 2.15. The second-order valence-electron chi connectivity index (χ2n) is 3.58. The quantitative estimate of drug-likeness (QED) is 0.765. The van der Waals surface area contributed by atoms with E-state index in [9.17, 15) is 4.79 Å². The lowest BCUT2D eigenvalue weighted by Gasteiger charge is -2.08. The van der Waals surface area contributed by atoms with Crippen LogP contribution in [0, 0.1) is 13.8 Å². The molecule has 1 aromatic carbocycles. The first-order valence-corrected chi connectivity index (χ1v) is 5.04. The van der Waals surface area contributed by atoms with E-state index >= 15 is 0 Å². The normalized spacial score (nSPS) is 9.80. The first-order chi connectivity index (χ1) is 7.09. The van der Waals surface area contributed by atoms with Crippen LogP contribution in [0.5, 0.6) is 5.75 Å². The lowest BCUT2D eigenvalue weighted by atomic mass is 10.1. The molecule has 3 heteroatoms. The van der Waals surface area contributed by atoms with E-state index in [0.29, 0.717) is 13.2 Å². The zero-order chi connectivity index (χ0) is 11.3. The maximum atomic E-state index is 10.6. The Labute approximate surface area is 90.4 Å². The molecule has 1 aromatic rings. The molecule has 0 aliphatic heterocycles. The molecule has 3 nitrogen and oxygen atoms in total. The van der Waals surface area contributed by atoms with E-state index in [2.05, 4.69) is 19.2 Å². The average molecular weight is 207 g/mol. The smallest absolute Gasteiger partial charge is 0.216 e. The molecule has 0 aliphatic carbocycles. The summed E-state index contributed by atoms with van der Waals surface area (Å²) in [6.45, 7) is 6.66. The van der Waals surface area contributed by atoms with Crippen LogP contribution < -0.4 is 10.1 Å². The Morgan fingerprint density at radius 2 is 2.07 bits per heavy atom. The number of benzene rings is 1. The number of aryl methyl sites for hydroxylation is 2. The Morgan fingerprint density at radius 1 is 1.33 bits per heavy atom. The molecule has 0 aromatic heterocycles. The molecule has 0 saturated heterocycles. The van der Waals surface area contributed by atoms with Crippen LogP contribution >= 0.6 is 0 Å². The Morgan fingerprint density at radius 3 is 2.67 bits per heavy atom. The van der Waals surface area contributed by atoms with Crippen LogP contribution in [0.25, 0.3) is 0 Å². The summed E-state index contributed by atoms with van der Waals surface area (Å²) in [6, 6.07) is 5.97. The average Bonchev–Trinajstić information content (AvgIpc) is 2.18. The fourth-order valence-electron chi connectivity index (χ4n) is 1.20. The van der Waals surface area contributed by atoms with Crippen LogP contribution in [0.15, 0.2) is 18.2 Å². The molecule has 0 radical (unpaired) electrons. The highest BCUT2D eigenvalue weighted by molar-refractivity contribution is 5.72. The number of ether oxygens (including phenoxy) is 1. The fraction of sp³-hybridized carbons (Fsp3) is 0.417. The van der Waals surface area contributed by atoms with Gasteiger partial charge in [-0.05, 0) is 37.1 Å². The number of carbonyl (C=O) groups excluding carboxylic acids is 1. The lowest BCUT2D eigenvalue weighted by molar-refractivity contribution is -0.119. The molecule has 82 valence electrons. The summed E-state index contributed by atoms with van der Waals surface area (Å²) in [5.74, 6) is 0.821. The standard InChI is InChI=1S/C12H17NO2/c1-9-4-5-12(8-10(9)2)15-7-6-13-11(3)14/h4-5,8H,6-7H2,1-3H3,(H,13,14). The van der Waals surface area contributed by atoms with Crippen LogP contribution in [0.1, 0.15) is 18.1 Å². The zero-order valence-electron chi connectivity index (χ0n) is 9.46. The Hall–Kier alpha value is -1.51. The number of hydrogen-bond acceptors (Lipinski definition) is 2. The van der Waals surface area contributed by atoms with Crippen LogP contribution in [0.3, 0.4) is 0 Å². The molecule has 1 rings (SSSR count). The first-order valence-electron chi connectivity index (χ1n) is 5.04. The van der Waals surface area contributed by atoms with Gasteiger partial charge >= 0.3 is 0 Å². The molecule has 0 aliphatic rings. The molecule has 0 heterocycles. The van der Waals surface area contributed by atoms with Crippen molar-refractivity contribution in [2.75, 3.05) is 13.2 Å². The maximum Gasteiger partial charge on any atom is 0.216 e. The molecule has 0 fully saturated rings. The van der Waals surface area contributed by atoms with E-state index in [0.717, 1.165) is 5.75 Å². The van der Waals surface area contributed by atoms with Crippen molar-refractivity contribution < 1.29 is 9.53 Å². The monoisotopic (exact) mass is 207 g/mol. The van der Waals surface area contributed by atoms with Gasteiger partial charge in [0.2, 0.25) is 5.91 Å². The highest BCUT2D eigenvalue weighted by Gasteiger charge is 1.97. The minimum Gasteiger partial charge on any atom is -0.492 e. The van der Waals surface area contributed by atoms with Gasteiger partial charge in [-0.15, -0.1) is 0 Å². The van der Waals surface area contributed by atoms with Gasteiger partial charge in [0.15, 0.2) is 0 Å². The topological polar surface area (TPSA) is 38.3 Å². The molecule has 0 unspecified atom stereocenters. The van der Waals surface area contributed by atoms with Gasteiger partial charge in [0.1, 0.15) is 12.4 Å². The number of nitrogens with one attached hydrogen (secondary N) is 1. The second kappa shape index (κ2) is 5.39. The van der Waals surface area contributed by atoms with Crippen molar-refractivity contribution >= 4 is 5.91 Å². The van der Waals surface area contributed by atoms with Crippen molar-refractivity contribution in [3.05, 3.63) is 29.3 Å². The number of amides is 1. The van der Waals surface area contributed by atoms with Crippen LogP contribution in [0.4, 0.5) is 0 Å². The largest absolute Gasteiger partial charge is 0.492 e. The number of rotatable bonds is 4. The van der Waals surface area contributed by atoms with Gasteiger partial charge in [0, 0.05) is 6.92 Å². The van der Waals surface area contributed by atoms with Crippen molar-refractivity contribution in [1.82, 2.24) is 5.32 Å². The van der Waals surface area contributed by atoms with Crippen LogP contribution in [-0.2, 0) is 4.79 Å². The van der Waals surface area contributed by atoms with E-state index in [1.807, 2.05) is 18.2 Å². The third kappa shape index (κ3) is 4.02. The van der Waals surface area contributed by atoms with Gasteiger partial charge in [0.25, 0.3) is 0 Å². The Balaban J connectivity index is 2.38. The van der Waals surface area contributed by atoms with E-state index in [-0.39, 0.29) is 5.91 Å². The van der Waals surface area contributed by atoms with E-state index in [4.69, 9.17) is 4.74 Å². The first kappa shape index (κ1) is 11.6. The molecule has 0 saturated carbocycles. The third-order valence-electron chi connectivity index (χ3n) is 2.22. The van der Waals surface area contributed by atoms with Gasteiger partial charge < -0.3 is 10.1 Å². The summed E-state index contributed by atoms with van der Waals surface area (Å²) in [6.07, 6.45) is 0. The second-order valence-corrected chi connectivity index (χ2v) is 3.58. The molecule has 0 atom stereocenters. The number of hydrogen-bond donors (Lipinski definition) is 1. The Kier molecular flexibility index (Phi) is 4.16. The molecule has 1 amide bonds. The predicted molar refractivity (Wildman–Crippen MR) is 60.1 cm³/mol. The molecule has 0 bridgehead atoms. The number of carbonyl (C=O) groups is 1. The summed E-state index contributed by atoms with van der Waals surface area (Å²) in [7, 11) is 0. The van der Waals surface area contributed by atoms with E-state index in [1.54, 1.807) is 0 Å². The van der Waals surface area contributed by atoms with Crippen molar-refractivity contribution in [3.63, 3.8) is 0 Å². The molecular formula is C12H17NO2. The Bertz CT molecular complexity index is 347. The van der Waals surface area contributed by atoms with Crippen molar-refractivity contribution in [2.24, 2.45) is 0 Å². The molecular weight excluding hydrogens is 190 g/mol. The minimum atomic E-state index is -0.0290. The summed E-state index contributed by atoms with van der Waals surface area (Å²) in [5.41, 5.74) is 2.47. The van der Waals surface area contributed by atoms with E-state index < -0.39 is 0 Å². The van der Waals surface area contributed by atoms with Gasteiger partial charge in [-0.25, -0.2) is 0 Å². The summed E-state index contributed by atoms with van der Waals surface area (Å²) in [5, 5.41) is 2.68. The lowest BCUT2D eigenvalue weighted by Crippen LogP contribution is -2.25. The maximum absolute atomic E-state index is 10.6. The van der Waals surface area contributed by atoms with Gasteiger partial charge in [-0.2, -0.15) is 0 Å². The molecule has 15 heavy (non-hydrogen) atoms. The molecule has 0 spiro atoms. The van der Waals surface area contributed by atoms with Crippen LogP contribution in [0.2, 0.25) is 0 Å². The van der Waals surface area contributed by atoms with Gasteiger partial charge in [-0.1, -0.05) is 6.07 Å². The third-order valence-corrected chi connectivity index (χ3v) is 2.22. The van der Waals surface area contributed by atoms with Crippen molar-refractivity contribution in [3.8, 4) is 5.75 Å². The fourth-order valence-corrected chi connectivity index (χ4v) is 1.20.